The monoisotopic (exact) mass is 187 g/mol. The number of amides is 1. The third-order valence-corrected chi connectivity index (χ3v) is 1.93. The Morgan fingerprint density at radius 2 is 2.08 bits per heavy atom. The SMILES string of the molecule is CCCC(CC)NC(=O)COCC. The van der Waals surface area contributed by atoms with E-state index >= 15 is 0 Å². The molecule has 0 spiro atoms. The normalized spacial score (nSPS) is 12.5. The second kappa shape index (κ2) is 8.05. The van der Waals surface area contributed by atoms with Gasteiger partial charge in [-0.1, -0.05) is 20.3 Å². The lowest BCUT2D eigenvalue weighted by Crippen LogP contribution is -2.36. The summed E-state index contributed by atoms with van der Waals surface area (Å²) < 4.78 is 5.01. The van der Waals surface area contributed by atoms with Gasteiger partial charge in [-0.05, 0) is 19.8 Å². The van der Waals surface area contributed by atoms with Gasteiger partial charge >= 0.3 is 0 Å². The van der Waals surface area contributed by atoms with E-state index in [1.807, 2.05) is 6.92 Å². The highest BCUT2D eigenvalue weighted by Gasteiger charge is 2.08. The predicted octanol–water partition coefficient (Wildman–Crippen LogP) is 1.72. The number of hydrogen-bond donors (Lipinski definition) is 1. The lowest BCUT2D eigenvalue weighted by molar-refractivity contribution is -0.126. The molecular formula is C10H21NO2. The summed E-state index contributed by atoms with van der Waals surface area (Å²) in [6.07, 6.45) is 3.15. The Bertz CT molecular complexity index is 137. The first-order valence-electron chi connectivity index (χ1n) is 5.11. The van der Waals surface area contributed by atoms with Crippen molar-refractivity contribution in [2.75, 3.05) is 13.2 Å². The molecular weight excluding hydrogens is 166 g/mol. The summed E-state index contributed by atoms with van der Waals surface area (Å²) in [7, 11) is 0. The van der Waals surface area contributed by atoms with Crippen LogP contribution in [0.3, 0.4) is 0 Å². The van der Waals surface area contributed by atoms with Crippen LogP contribution < -0.4 is 5.32 Å². The summed E-state index contributed by atoms with van der Waals surface area (Å²) in [5.41, 5.74) is 0. The lowest BCUT2D eigenvalue weighted by Gasteiger charge is -2.15. The molecule has 0 saturated heterocycles. The van der Waals surface area contributed by atoms with Crippen molar-refractivity contribution >= 4 is 5.91 Å². The summed E-state index contributed by atoms with van der Waals surface area (Å²) >= 11 is 0. The second-order valence-electron chi connectivity index (χ2n) is 3.10. The molecule has 1 amide bonds. The average molecular weight is 187 g/mol. The number of rotatable bonds is 7. The van der Waals surface area contributed by atoms with Gasteiger partial charge in [-0.2, -0.15) is 0 Å². The van der Waals surface area contributed by atoms with Gasteiger partial charge in [-0.15, -0.1) is 0 Å². The molecule has 0 aromatic rings. The van der Waals surface area contributed by atoms with Crippen LogP contribution in [0.1, 0.15) is 40.0 Å². The number of nitrogens with one attached hydrogen (secondary N) is 1. The molecule has 0 aliphatic carbocycles. The molecule has 1 atom stereocenters. The summed E-state index contributed by atoms with van der Waals surface area (Å²) in [6, 6.07) is 0.318. The Morgan fingerprint density at radius 3 is 2.54 bits per heavy atom. The molecule has 3 nitrogen and oxygen atoms in total. The van der Waals surface area contributed by atoms with Crippen LogP contribution >= 0.6 is 0 Å². The predicted molar refractivity (Wildman–Crippen MR) is 53.6 cm³/mol. The van der Waals surface area contributed by atoms with Gasteiger partial charge in [0.1, 0.15) is 6.61 Å². The first-order chi connectivity index (χ1) is 6.24. The molecule has 0 fully saturated rings. The van der Waals surface area contributed by atoms with Crippen molar-refractivity contribution in [2.24, 2.45) is 0 Å². The highest BCUT2D eigenvalue weighted by atomic mass is 16.5. The Hall–Kier alpha value is -0.570. The van der Waals surface area contributed by atoms with Crippen LogP contribution in [0.25, 0.3) is 0 Å². The summed E-state index contributed by atoms with van der Waals surface area (Å²) in [5.74, 6) is 0.00199. The molecule has 1 N–H and O–H groups in total. The topological polar surface area (TPSA) is 38.3 Å². The molecule has 1 unspecified atom stereocenters. The first-order valence-corrected chi connectivity index (χ1v) is 5.11. The van der Waals surface area contributed by atoms with Crippen molar-refractivity contribution in [3.63, 3.8) is 0 Å². The second-order valence-corrected chi connectivity index (χ2v) is 3.10. The number of carbonyl (C=O) groups is 1. The van der Waals surface area contributed by atoms with Gasteiger partial charge < -0.3 is 10.1 Å². The minimum atomic E-state index is 0.00199. The van der Waals surface area contributed by atoms with E-state index in [2.05, 4.69) is 19.2 Å². The highest BCUT2D eigenvalue weighted by Crippen LogP contribution is 2.00. The van der Waals surface area contributed by atoms with Gasteiger partial charge in [-0.25, -0.2) is 0 Å². The fourth-order valence-corrected chi connectivity index (χ4v) is 1.19. The van der Waals surface area contributed by atoms with Crippen molar-refractivity contribution in [1.82, 2.24) is 5.32 Å². The van der Waals surface area contributed by atoms with Crippen LogP contribution in [0, 0.1) is 0 Å². The van der Waals surface area contributed by atoms with Crippen LogP contribution in [0.4, 0.5) is 0 Å². The van der Waals surface area contributed by atoms with Gasteiger partial charge in [0.2, 0.25) is 5.91 Å². The van der Waals surface area contributed by atoms with E-state index in [1.165, 1.54) is 0 Å². The van der Waals surface area contributed by atoms with E-state index in [0.717, 1.165) is 19.3 Å². The van der Waals surface area contributed by atoms with Gasteiger partial charge in [-0.3, -0.25) is 4.79 Å². The largest absolute Gasteiger partial charge is 0.372 e. The minimum Gasteiger partial charge on any atom is -0.372 e. The molecule has 0 heterocycles. The minimum absolute atomic E-state index is 0.00199. The van der Waals surface area contributed by atoms with E-state index in [9.17, 15) is 4.79 Å². The average Bonchev–Trinajstić information content (AvgIpc) is 2.14. The molecule has 0 aromatic heterocycles. The van der Waals surface area contributed by atoms with E-state index in [0.29, 0.717) is 12.6 Å². The molecule has 78 valence electrons. The zero-order valence-electron chi connectivity index (χ0n) is 8.93. The summed E-state index contributed by atoms with van der Waals surface area (Å²) in [4.78, 5) is 11.2. The Kier molecular flexibility index (Phi) is 7.69. The van der Waals surface area contributed by atoms with Gasteiger partial charge in [0.05, 0.1) is 0 Å². The van der Waals surface area contributed by atoms with E-state index in [4.69, 9.17) is 4.74 Å². The maximum absolute atomic E-state index is 11.2. The van der Waals surface area contributed by atoms with Crippen LogP contribution in [0.5, 0.6) is 0 Å². The molecule has 3 heteroatoms. The van der Waals surface area contributed by atoms with E-state index in [-0.39, 0.29) is 12.5 Å². The summed E-state index contributed by atoms with van der Waals surface area (Å²) in [6.45, 7) is 6.88. The zero-order valence-corrected chi connectivity index (χ0v) is 8.93. The fraction of sp³-hybridized carbons (Fsp3) is 0.900. The van der Waals surface area contributed by atoms with Crippen molar-refractivity contribution in [2.45, 2.75) is 46.1 Å². The fourth-order valence-electron chi connectivity index (χ4n) is 1.19. The molecule has 0 aliphatic heterocycles. The van der Waals surface area contributed by atoms with Gasteiger partial charge in [0, 0.05) is 12.6 Å². The maximum atomic E-state index is 11.2. The zero-order chi connectivity index (χ0) is 10.1. The standard InChI is InChI=1S/C10H21NO2/c1-4-7-9(5-2)11-10(12)8-13-6-3/h9H,4-8H2,1-3H3,(H,11,12). The Labute approximate surface area is 80.8 Å². The quantitative estimate of drug-likeness (QED) is 0.659. The van der Waals surface area contributed by atoms with Crippen molar-refractivity contribution in [3.05, 3.63) is 0 Å². The molecule has 13 heavy (non-hydrogen) atoms. The Morgan fingerprint density at radius 1 is 1.38 bits per heavy atom. The maximum Gasteiger partial charge on any atom is 0.246 e. The van der Waals surface area contributed by atoms with Crippen LogP contribution in [-0.2, 0) is 9.53 Å². The number of hydrogen-bond acceptors (Lipinski definition) is 2. The third kappa shape index (κ3) is 6.58. The Balaban J connectivity index is 3.60. The van der Waals surface area contributed by atoms with Crippen molar-refractivity contribution in [3.8, 4) is 0 Å². The number of carbonyl (C=O) groups excluding carboxylic acids is 1. The van der Waals surface area contributed by atoms with Gasteiger partial charge in [0.25, 0.3) is 0 Å². The molecule has 0 radical (unpaired) electrons. The number of ether oxygens (including phenoxy) is 1. The summed E-state index contributed by atoms with van der Waals surface area (Å²) in [5, 5.41) is 2.94. The lowest BCUT2D eigenvalue weighted by atomic mass is 10.1. The molecule has 0 saturated carbocycles. The first kappa shape index (κ1) is 12.4. The molecule has 0 rings (SSSR count). The molecule has 0 bridgehead atoms. The highest BCUT2D eigenvalue weighted by molar-refractivity contribution is 5.77. The van der Waals surface area contributed by atoms with Crippen molar-refractivity contribution < 1.29 is 9.53 Å². The van der Waals surface area contributed by atoms with E-state index < -0.39 is 0 Å². The van der Waals surface area contributed by atoms with Crippen LogP contribution in [0.15, 0.2) is 0 Å². The van der Waals surface area contributed by atoms with Crippen LogP contribution in [0.2, 0.25) is 0 Å². The van der Waals surface area contributed by atoms with E-state index in [1.54, 1.807) is 0 Å². The smallest absolute Gasteiger partial charge is 0.246 e. The van der Waals surface area contributed by atoms with Crippen LogP contribution in [-0.4, -0.2) is 25.2 Å². The van der Waals surface area contributed by atoms with Crippen molar-refractivity contribution in [1.29, 1.82) is 0 Å². The molecule has 0 aromatic carbocycles. The van der Waals surface area contributed by atoms with Gasteiger partial charge in [0.15, 0.2) is 0 Å². The third-order valence-electron chi connectivity index (χ3n) is 1.93. The molecule has 0 aliphatic rings.